The molecule has 1 unspecified atom stereocenters. The zero-order valence-electron chi connectivity index (χ0n) is 8.43. The smallest absolute Gasteiger partial charge is 0.790 e. The summed E-state index contributed by atoms with van der Waals surface area (Å²) < 4.78 is 14.0. The van der Waals surface area contributed by atoms with Gasteiger partial charge in [-0.3, -0.25) is 4.79 Å². The molecule has 0 saturated carbocycles. The average molecular weight is 242 g/mol. The van der Waals surface area contributed by atoms with Gasteiger partial charge in [0.1, 0.15) is 0 Å². The number of phosphoric ester groups is 1. The van der Waals surface area contributed by atoms with E-state index in [1.54, 1.807) is 0 Å². The minimum atomic E-state index is -4.97. The molecule has 0 amide bonds. The predicted octanol–water partition coefficient (Wildman–Crippen LogP) is -6.91. The van der Waals surface area contributed by atoms with Crippen LogP contribution in [0.4, 0.5) is 0 Å². The van der Waals surface area contributed by atoms with E-state index in [0.29, 0.717) is 0 Å². The first-order chi connectivity index (χ1) is 5.31. The van der Waals surface area contributed by atoms with Crippen molar-refractivity contribution in [1.82, 2.24) is 0 Å². The molecule has 0 saturated heterocycles. The summed E-state index contributed by atoms with van der Waals surface area (Å²) in [6, 6.07) is 0. The van der Waals surface area contributed by atoms with Crippen LogP contribution in [0.3, 0.4) is 0 Å². The normalized spacial score (nSPS) is 12.2. The zero-order valence-corrected chi connectivity index (χ0v) is 13.3. The van der Waals surface area contributed by atoms with Crippen molar-refractivity contribution in [2.45, 2.75) is 25.9 Å². The van der Waals surface area contributed by atoms with E-state index in [2.05, 4.69) is 4.52 Å². The van der Waals surface area contributed by atoms with E-state index in [1.165, 1.54) is 6.92 Å². The Kier molecular flexibility index (Phi) is 14.6. The molecular weight excluding hydrogens is 233 g/mol. The third-order valence-corrected chi connectivity index (χ3v) is 1.69. The maximum Gasteiger partial charge on any atom is 1.00 e. The molecule has 72 valence electrons. The molecule has 9 heteroatoms. The number of carboxylic acids is 1. The van der Waals surface area contributed by atoms with E-state index in [1.807, 2.05) is 0 Å². The molecule has 6 nitrogen and oxygen atoms in total. The maximum atomic E-state index is 9.99. The van der Waals surface area contributed by atoms with Crippen LogP contribution < -0.4 is 68.9 Å². The summed E-state index contributed by atoms with van der Waals surface area (Å²) in [6.45, 7) is 1.32. The fourth-order valence-corrected chi connectivity index (χ4v) is 1.15. The molecule has 0 aliphatic rings. The van der Waals surface area contributed by atoms with Gasteiger partial charge in [0.05, 0.1) is 13.9 Å². The van der Waals surface area contributed by atoms with E-state index in [-0.39, 0.29) is 72.0 Å². The molecule has 0 aromatic rings. The van der Waals surface area contributed by atoms with E-state index in [9.17, 15) is 19.1 Å². The molecule has 0 heterocycles. The second-order valence-corrected chi connectivity index (χ2v) is 3.40. The average Bonchev–Trinajstić information content (AvgIpc) is 1.79. The van der Waals surface area contributed by atoms with Crippen molar-refractivity contribution in [3.8, 4) is 0 Å². The van der Waals surface area contributed by atoms with E-state index >= 15 is 0 Å². The van der Waals surface area contributed by atoms with Crippen LogP contribution >= 0.6 is 7.82 Å². The molecule has 0 fully saturated rings. The zero-order chi connectivity index (χ0) is 9.78. The number of carbonyl (C=O) groups is 1. The van der Waals surface area contributed by atoms with Crippen molar-refractivity contribution < 1.29 is 87.9 Å². The first kappa shape index (κ1) is 20.9. The van der Waals surface area contributed by atoms with E-state index in [0.717, 1.165) is 0 Å². The molecule has 0 aromatic heterocycles. The summed E-state index contributed by atoms with van der Waals surface area (Å²) in [6.07, 6.45) is -1.09. The summed E-state index contributed by atoms with van der Waals surface area (Å²) in [5, 5.41) is 8.18. The van der Waals surface area contributed by atoms with Crippen molar-refractivity contribution >= 4 is 13.8 Å². The molecule has 0 aliphatic heterocycles. The van der Waals surface area contributed by atoms with Crippen molar-refractivity contribution in [2.24, 2.45) is 0 Å². The van der Waals surface area contributed by atoms with Gasteiger partial charge in [0.15, 0.2) is 0 Å². The molecule has 0 bridgehead atoms. The van der Waals surface area contributed by atoms with Gasteiger partial charge < -0.3 is 24.0 Å². The number of phosphoric acid groups is 1. The van der Waals surface area contributed by atoms with Crippen LogP contribution in [0, 0.1) is 0 Å². The van der Waals surface area contributed by atoms with E-state index < -0.39 is 19.9 Å². The third kappa shape index (κ3) is 16.0. The standard InChI is InChI=1S/C5H11O6P.2Na/c1-4(2-3-5(6)7)11-12(8,9)10;;/h4H,2-3H2,1H3,(H,6,7)(H2,8,9,10);;/q;2*+1/p-2. The van der Waals surface area contributed by atoms with Gasteiger partial charge in [0.2, 0.25) is 0 Å². The van der Waals surface area contributed by atoms with Gasteiger partial charge in [-0.2, -0.15) is 0 Å². The van der Waals surface area contributed by atoms with Gasteiger partial charge in [-0.05, 0) is 13.3 Å². The Hall–Kier alpha value is 1.58. The Morgan fingerprint density at radius 1 is 1.50 bits per heavy atom. The van der Waals surface area contributed by atoms with Crippen LogP contribution in [0.1, 0.15) is 19.8 Å². The number of aliphatic carboxylic acids is 1. The Morgan fingerprint density at radius 2 is 1.93 bits per heavy atom. The van der Waals surface area contributed by atoms with Crippen LogP contribution in [0.5, 0.6) is 0 Å². The number of rotatable bonds is 5. The topological polar surface area (TPSA) is 110 Å². The Balaban J connectivity index is -0.000000605. The van der Waals surface area contributed by atoms with Crippen LogP contribution in [0.2, 0.25) is 0 Å². The van der Waals surface area contributed by atoms with Gasteiger partial charge in [0.25, 0.3) is 0 Å². The molecule has 0 aromatic carbocycles. The first-order valence-corrected chi connectivity index (χ1v) is 4.69. The van der Waals surface area contributed by atoms with E-state index in [4.69, 9.17) is 5.11 Å². The van der Waals surface area contributed by atoms with Crippen LogP contribution in [0.15, 0.2) is 0 Å². The quantitative estimate of drug-likeness (QED) is 0.379. The van der Waals surface area contributed by atoms with Crippen LogP contribution in [-0.2, 0) is 13.9 Å². The Bertz CT molecular complexity index is 204. The largest absolute Gasteiger partial charge is 1.00 e. The van der Waals surface area contributed by atoms with Gasteiger partial charge in [-0.15, -0.1) is 0 Å². The molecule has 1 atom stereocenters. The number of hydrogen-bond acceptors (Lipinski definition) is 5. The molecular formula is C5H9Na2O6P. The minimum Gasteiger partial charge on any atom is -0.790 e. The molecule has 1 N–H and O–H groups in total. The maximum absolute atomic E-state index is 9.99. The molecule has 14 heavy (non-hydrogen) atoms. The Morgan fingerprint density at radius 3 is 2.21 bits per heavy atom. The Labute approximate surface area is 126 Å². The SMILES string of the molecule is CC(CCC(=O)O)OP(=O)([O-])[O-].[Na+].[Na+]. The summed E-state index contributed by atoms with van der Waals surface area (Å²) >= 11 is 0. The first-order valence-electron chi connectivity index (χ1n) is 3.23. The minimum absolute atomic E-state index is 0. The summed E-state index contributed by atoms with van der Waals surface area (Å²) in [5.41, 5.74) is 0. The molecule has 0 spiro atoms. The molecule has 0 aliphatic carbocycles. The predicted molar refractivity (Wildman–Crippen MR) is 35.0 cm³/mol. The monoisotopic (exact) mass is 242 g/mol. The fraction of sp³-hybridized carbons (Fsp3) is 0.800. The molecule has 0 radical (unpaired) electrons. The number of carboxylic acid groups (broad SMARTS) is 1. The molecule has 0 rings (SSSR count). The van der Waals surface area contributed by atoms with Gasteiger partial charge >= 0.3 is 65.1 Å². The van der Waals surface area contributed by atoms with Crippen molar-refractivity contribution in [2.75, 3.05) is 0 Å². The van der Waals surface area contributed by atoms with Crippen molar-refractivity contribution in [3.63, 3.8) is 0 Å². The van der Waals surface area contributed by atoms with Crippen LogP contribution in [-0.4, -0.2) is 17.2 Å². The van der Waals surface area contributed by atoms with Gasteiger partial charge in [-0.1, -0.05) is 0 Å². The third-order valence-electron chi connectivity index (χ3n) is 1.07. The summed E-state index contributed by atoms with van der Waals surface area (Å²) in [7, 11) is -4.97. The second kappa shape index (κ2) is 9.78. The van der Waals surface area contributed by atoms with Crippen molar-refractivity contribution in [3.05, 3.63) is 0 Å². The van der Waals surface area contributed by atoms with Crippen molar-refractivity contribution in [1.29, 1.82) is 0 Å². The van der Waals surface area contributed by atoms with Gasteiger partial charge in [-0.25, -0.2) is 0 Å². The summed E-state index contributed by atoms with van der Waals surface area (Å²) in [5.74, 6) is -1.06. The van der Waals surface area contributed by atoms with Crippen LogP contribution in [0.25, 0.3) is 0 Å². The van der Waals surface area contributed by atoms with Gasteiger partial charge in [0, 0.05) is 6.42 Å². The number of hydrogen-bond donors (Lipinski definition) is 1. The summed E-state index contributed by atoms with van der Waals surface area (Å²) in [4.78, 5) is 30.0. The second-order valence-electron chi connectivity index (χ2n) is 2.30. The fourth-order valence-electron chi connectivity index (χ4n) is 0.600.